The van der Waals surface area contributed by atoms with Crippen molar-refractivity contribution in [1.82, 2.24) is 0 Å². The Bertz CT molecular complexity index is 2770. The van der Waals surface area contributed by atoms with Crippen LogP contribution in [0.3, 0.4) is 0 Å². The summed E-state index contributed by atoms with van der Waals surface area (Å²) >= 11 is 1.93. The van der Waals surface area contributed by atoms with Gasteiger partial charge in [-0.15, -0.1) is 11.3 Å². The van der Waals surface area contributed by atoms with Crippen molar-refractivity contribution in [2.45, 2.75) is 19.3 Å². The summed E-state index contributed by atoms with van der Waals surface area (Å²) in [6.45, 7) is 4.77. The average Bonchev–Trinajstić information content (AvgIpc) is 3.71. The second kappa shape index (κ2) is 12.5. The topological polar surface area (TPSA) is 3.24 Å². The van der Waals surface area contributed by atoms with Crippen LogP contribution in [0.15, 0.2) is 188 Å². The van der Waals surface area contributed by atoms with Gasteiger partial charge in [0.15, 0.2) is 0 Å². The van der Waals surface area contributed by atoms with Crippen LogP contribution in [0.1, 0.15) is 25.0 Å². The summed E-state index contributed by atoms with van der Waals surface area (Å²) in [6, 6.07) is 68.7. The van der Waals surface area contributed by atoms with Crippen molar-refractivity contribution in [2.75, 3.05) is 4.90 Å². The molecular weight excluding hydrogens is 659 g/mol. The third kappa shape index (κ3) is 5.37. The standard InChI is InChI=1S/C51H37NS/c1-51(2)47-33-41(25-31-45(47)50-49(51)46-14-8-9-15-48(46)53-50)39-18-16-36(17-19-39)38-22-28-43(29-23-38)52(44-30-24-35-12-6-7-13-40(35)32-44)42-26-20-37(21-27-42)34-10-4-3-5-11-34/h3-33H,1-2H3. The van der Waals surface area contributed by atoms with Crippen molar-refractivity contribution in [1.29, 1.82) is 0 Å². The van der Waals surface area contributed by atoms with E-state index in [9.17, 15) is 0 Å². The smallest absolute Gasteiger partial charge is 0.0468 e. The van der Waals surface area contributed by atoms with Gasteiger partial charge in [-0.3, -0.25) is 0 Å². The molecule has 0 fully saturated rings. The van der Waals surface area contributed by atoms with Gasteiger partial charge in [-0.1, -0.05) is 153 Å². The molecule has 0 spiro atoms. The first-order chi connectivity index (χ1) is 26.0. The van der Waals surface area contributed by atoms with Gasteiger partial charge in [0.25, 0.3) is 0 Å². The summed E-state index contributed by atoms with van der Waals surface area (Å²) in [4.78, 5) is 3.78. The minimum Gasteiger partial charge on any atom is -0.310 e. The summed E-state index contributed by atoms with van der Waals surface area (Å²) in [5.41, 5.74) is 15.0. The number of nitrogens with zero attached hydrogens (tertiary/aromatic N) is 1. The van der Waals surface area contributed by atoms with E-state index in [0.717, 1.165) is 17.1 Å². The van der Waals surface area contributed by atoms with Gasteiger partial charge in [0, 0.05) is 32.1 Å². The van der Waals surface area contributed by atoms with Gasteiger partial charge in [0.1, 0.15) is 0 Å². The van der Waals surface area contributed by atoms with Crippen molar-refractivity contribution < 1.29 is 0 Å². The van der Waals surface area contributed by atoms with E-state index in [0.29, 0.717) is 0 Å². The van der Waals surface area contributed by atoms with Crippen LogP contribution in [-0.4, -0.2) is 0 Å². The molecule has 0 aliphatic heterocycles. The molecule has 8 aromatic carbocycles. The van der Waals surface area contributed by atoms with Crippen LogP contribution in [0.5, 0.6) is 0 Å². The molecule has 1 aliphatic carbocycles. The van der Waals surface area contributed by atoms with Crippen LogP contribution < -0.4 is 4.90 Å². The van der Waals surface area contributed by atoms with Crippen LogP contribution in [0.4, 0.5) is 17.1 Å². The van der Waals surface area contributed by atoms with Crippen LogP contribution in [0.2, 0.25) is 0 Å². The Labute approximate surface area is 315 Å². The fourth-order valence-corrected chi connectivity index (χ4v) is 9.69. The van der Waals surface area contributed by atoms with Crippen molar-refractivity contribution in [3.8, 4) is 43.8 Å². The lowest BCUT2D eigenvalue weighted by Gasteiger charge is -2.26. The van der Waals surface area contributed by atoms with E-state index in [1.807, 2.05) is 11.3 Å². The van der Waals surface area contributed by atoms with Crippen molar-refractivity contribution >= 4 is 49.3 Å². The number of hydrogen-bond acceptors (Lipinski definition) is 2. The highest BCUT2D eigenvalue weighted by atomic mass is 32.1. The molecule has 1 nitrogen and oxygen atoms in total. The number of benzene rings is 8. The fourth-order valence-electron chi connectivity index (χ4n) is 8.28. The highest BCUT2D eigenvalue weighted by Gasteiger charge is 2.38. The monoisotopic (exact) mass is 695 g/mol. The van der Waals surface area contributed by atoms with E-state index >= 15 is 0 Å². The number of hydrogen-bond donors (Lipinski definition) is 0. The zero-order chi connectivity index (χ0) is 35.5. The minimum atomic E-state index is -0.0351. The van der Waals surface area contributed by atoms with E-state index in [1.54, 1.807) is 0 Å². The molecule has 0 atom stereocenters. The van der Waals surface area contributed by atoms with E-state index in [2.05, 4.69) is 207 Å². The summed E-state index contributed by atoms with van der Waals surface area (Å²) in [5.74, 6) is 0. The Morgan fingerprint density at radius 3 is 1.60 bits per heavy atom. The highest BCUT2D eigenvalue weighted by molar-refractivity contribution is 7.22. The normalized spacial score (nSPS) is 12.9. The first-order valence-corrected chi connectivity index (χ1v) is 19.2. The second-order valence-corrected chi connectivity index (χ2v) is 15.6. The van der Waals surface area contributed by atoms with E-state index in [-0.39, 0.29) is 5.41 Å². The van der Waals surface area contributed by atoms with Crippen molar-refractivity contribution in [2.24, 2.45) is 0 Å². The zero-order valence-corrected chi connectivity index (χ0v) is 30.6. The van der Waals surface area contributed by atoms with Crippen molar-refractivity contribution in [3.63, 3.8) is 0 Å². The Kier molecular flexibility index (Phi) is 7.42. The van der Waals surface area contributed by atoms with E-state index in [1.165, 1.54) is 75.8 Å². The molecule has 252 valence electrons. The summed E-state index contributed by atoms with van der Waals surface area (Å²) in [6.07, 6.45) is 0. The molecule has 53 heavy (non-hydrogen) atoms. The Morgan fingerprint density at radius 1 is 0.415 bits per heavy atom. The lowest BCUT2D eigenvalue weighted by atomic mass is 9.80. The molecule has 0 N–H and O–H groups in total. The molecule has 0 amide bonds. The molecule has 0 radical (unpaired) electrons. The van der Waals surface area contributed by atoms with E-state index < -0.39 is 0 Å². The van der Waals surface area contributed by atoms with Crippen molar-refractivity contribution in [3.05, 3.63) is 199 Å². The highest BCUT2D eigenvalue weighted by Crippen LogP contribution is 2.55. The number of rotatable bonds is 6. The lowest BCUT2D eigenvalue weighted by molar-refractivity contribution is 0.667. The van der Waals surface area contributed by atoms with E-state index in [4.69, 9.17) is 0 Å². The number of thiophene rings is 1. The van der Waals surface area contributed by atoms with Crippen LogP contribution in [0.25, 0.3) is 64.7 Å². The third-order valence-electron chi connectivity index (χ3n) is 11.1. The first kappa shape index (κ1) is 31.5. The van der Waals surface area contributed by atoms with Crippen LogP contribution >= 0.6 is 11.3 Å². The maximum Gasteiger partial charge on any atom is 0.0468 e. The molecule has 0 saturated heterocycles. The Balaban J connectivity index is 0.957. The summed E-state index contributed by atoms with van der Waals surface area (Å²) < 4.78 is 1.38. The number of fused-ring (bicyclic) bond motifs is 6. The molecule has 1 aromatic heterocycles. The van der Waals surface area contributed by atoms with Gasteiger partial charge in [-0.05, 0) is 115 Å². The van der Waals surface area contributed by atoms with Gasteiger partial charge in [0.2, 0.25) is 0 Å². The van der Waals surface area contributed by atoms with Crippen LogP contribution in [-0.2, 0) is 5.41 Å². The maximum absolute atomic E-state index is 2.42. The molecule has 10 rings (SSSR count). The number of anilines is 3. The Hall–Kier alpha value is -6.22. The molecule has 1 aliphatic rings. The van der Waals surface area contributed by atoms with Gasteiger partial charge >= 0.3 is 0 Å². The second-order valence-electron chi connectivity index (χ2n) is 14.6. The molecule has 0 unspecified atom stereocenters. The maximum atomic E-state index is 2.42. The molecule has 0 bridgehead atoms. The summed E-state index contributed by atoms with van der Waals surface area (Å²) in [7, 11) is 0. The first-order valence-electron chi connectivity index (χ1n) is 18.3. The molecule has 0 saturated carbocycles. The predicted octanol–water partition coefficient (Wildman–Crippen LogP) is 14.8. The zero-order valence-electron chi connectivity index (χ0n) is 29.8. The molecular formula is C51H37NS. The van der Waals surface area contributed by atoms with Gasteiger partial charge in [0.05, 0.1) is 0 Å². The average molecular weight is 696 g/mol. The largest absolute Gasteiger partial charge is 0.310 e. The predicted molar refractivity (Wildman–Crippen MR) is 228 cm³/mol. The molecule has 2 heteroatoms. The fraction of sp³-hybridized carbons (Fsp3) is 0.0588. The summed E-state index contributed by atoms with van der Waals surface area (Å²) in [5, 5.41) is 3.86. The van der Waals surface area contributed by atoms with Gasteiger partial charge in [-0.25, -0.2) is 0 Å². The van der Waals surface area contributed by atoms with Crippen LogP contribution in [0, 0.1) is 0 Å². The lowest BCUT2D eigenvalue weighted by Crippen LogP contribution is -2.15. The SMILES string of the molecule is CC1(C)c2cc(-c3ccc(-c4ccc(N(c5ccc(-c6ccccc6)cc5)c5ccc6ccccc6c5)cc4)cc3)ccc2-c2sc3ccccc3c21. The molecule has 9 aromatic rings. The molecule has 1 heterocycles. The quantitative estimate of drug-likeness (QED) is 0.167. The third-order valence-corrected chi connectivity index (χ3v) is 12.3. The Morgan fingerprint density at radius 2 is 0.925 bits per heavy atom. The van der Waals surface area contributed by atoms with Gasteiger partial charge in [-0.2, -0.15) is 0 Å². The minimum absolute atomic E-state index is 0.0351. The van der Waals surface area contributed by atoms with Gasteiger partial charge < -0.3 is 4.90 Å².